The highest BCUT2D eigenvalue weighted by molar-refractivity contribution is 7.25. The van der Waals surface area contributed by atoms with Crippen LogP contribution < -0.4 is 33.3 Å². The third kappa shape index (κ3) is 4.81. The van der Waals surface area contributed by atoms with Gasteiger partial charge in [0.05, 0.1) is 0 Å². The summed E-state index contributed by atoms with van der Waals surface area (Å²) in [7, 11) is 0. The van der Waals surface area contributed by atoms with Crippen LogP contribution in [0, 0.1) is 0 Å². The van der Waals surface area contributed by atoms with E-state index in [1.807, 2.05) is 11.3 Å². The fourth-order valence-corrected chi connectivity index (χ4v) is 6.54. The van der Waals surface area contributed by atoms with Gasteiger partial charge in [-0.3, -0.25) is 0 Å². The van der Waals surface area contributed by atoms with Gasteiger partial charge in [0.1, 0.15) is 0 Å². The van der Waals surface area contributed by atoms with Crippen molar-refractivity contribution in [2.45, 2.75) is 0 Å². The zero-order valence-electron chi connectivity index (χ0n) is 18.1. The van der Waals surface area contributed by atoms with Crippen molar-refractivity contribution < 1.29 is 9.31 Å². The zero-order valence-corrected chi connectivity index (χ0v) is 20.6. The normalized spacial score (nSPS) is 11.5. The van der Waals surface area contributed by atoms with Crippen LogP contribution in [0.2, 0.25) is 0 Å². The fourth-order valence-electron chi connectivity index (χ4n) is 4.13. The minimum absolute atomic E-state index is 0.117. The number of thiophene rings is 3. The van der Waals surface area contributed by atoms with Crippen LogP contribution in [0.15, 0.2) is 70.1 Å². The van der Waals surface area contributed by atoms with E-state index < -0.39 is 0 Å². The molecular formula is C24H24B2N2O2S3. The van der Waals surface area contributed by atoms with Gasteiger partial charge in [-0.05, 0) is 66.3 Å². The molecule has 0 aliphatic rings. The average Bonchev–Trinajstić information content (AvgIpc) is 3.61. The Morgan fingerprint density at radius 3 is 1.52 bits per heavy atom. The summed E-state index contributed by atoms with van der Waals surface area (Å²) in [5, 5.41) is 11.0. The predicted octanol–water partition coefficient (Wildman–Crippen LogP) is 2.34. The summed E-state index contributed by atoms with van der Waals surface area (Å²) in [6.45, 7) is 1.81. The summed E-state index contributed by atoms with van der Waals surface area (Å²) < 4.78 is 14.9. The van der Waals surface area contributed by atoms with Crippen LogP contribution in [-0.4, -0.2) is 40.1 Å². The Morgan fingerprint density at radius 1 is 0.636 bits per heavy atom. The summed E-state index contributed by atoms with van der Waals surface area (Å²) in [5.74, 6) is 0. The lowest BCUT2D eigenvalue weighted by Gasteiger charge is -2.14. The van der Waals surface area contributed by atoms with Crippen molar-refractivity contribution in [2.75, 3.05) is 26.3 Å². The second-order valence-electron chi connectivity index (χ2n) is 7.81. The van der Waals surface area contributed by atoms with E-state index in [4.69, 9.17) is 20.8 Å². The highest BCUT2D eigenvalue weighted by Gasteiger charge is 2.24. The summed E-state index contributed by atoms with van der Waals surface area (Å²) in [4.78, 5) is 0. The van der Waals surface area contributed by atoms with Gasteiger partial charge in [0.25, 0.3) is 0 Å². The molecule has 4 N–H and O–H groups in total. The van der Waals surface area contributed by atoms with Gasteiger partial charge in [0, 0.05) is 35.7 Å². The molecule has 5 aromatic rings. The van der Waals surface area contributed by atoms with Gasteiger partial charge < -0.3 is 20.8 Å². The van der Waals surface area contributed by atoms with Crippen molar-refractivity contribution in [3.8, 4) is 0 Å². The van der Waals surface area contributed by atoms with Gasteiger partial charge in [-0.1, -0.05) is 36.4 Å². The topological polar surface area (TPSA) is 70.5 Å². The first-order chi connectivity index (χ1) is 16.3. The minimum atomic E-state index is -0.117. The molecule has 0 aliphatic carbocycles. The molecule has 4 nitrogen and oxygen atoms in total. The van der Waals surface area contributed by atoms with Gasteiger partial charge in [0.2, 0.25) is 0 Å². The Morgan fingerprint density at radius 2 is 1.12 bits per heavy atom. The Kier molecular flexibility index (Phi) is 7.27. The lowest BCUT2D eigenvalue weighted by molar-refractivity contribution is 0.344. The Hall–Kier alpha value is -1.97. The SMILES string of the molecule is NCCOB(c1ccsc1)c1ccc2sc3ccc(B(OCCN)c4ccsc4)cc3c2c1. The van der Waals surface area contributed by atoms with E-state index in [-0.39, 0.29) is 13.8 Å². The molecule has 3 aromatic heterocycles. The molecule has 0 atom stereocenters. The molecule has 2 aromatic carbocycles. The number of hydrogen-bond donors (Lipinski definition) is 2. The van der Waals surface area contributed by atoms with Gasteiger partial charge in [-0.2, -0.15) is 22.7 Å². The van der Waals surface area contributed by atoms with Crippen LogP contribution in [0.1, 0.15) is 0 Å². The predicted molar refractivity (Wildman–Crippen MR) is 148 cm³/mol. The van der Waals surface area contributed by atoms with Crippen molar-refractivity contribution >= 4 is 89.9 Å². The van der Waals surface area contributed by atoms with Gasteiger partial charge in [0.15, 0.2) is 0 Å². The molecule has 0 radical (unpaired) electrons. The molecule has 9 heteroatoms. The molecule has 0 saturated heterocycles. The smallest absolute Gasteiger partial charge is 0.362 e. The van der Waals surface area contributed by atoms with Crippen LogP contribution >= 0.6 is 34.0 Å². The van der Waals surface area contributed by atoms with Crippen molar-refractivity contribution in [1.29, 1.82) is 0 Å². The maximum Gasteiger partial charge on any atom is 0.362 e. The molecule has 0 saturated carbocycles. The number of rotatable bonds is 10. The molecule has 0 spiro atoms. The Bertz CT molecular complexity index is 1220. The van der Waals surface area contributed by atoms with E-state index in [0.717, 1.165) is 10.9 Å². The standard InChI is InChI=1S/C24H24B2N2O2S3/c27-7-9-29-25(19-5-11-31-15-19)17-1-3-23-21(13-17)22-14-18(2-4-24(22)33-23)26(30-10-8-28)20-6-12-32-16-20/h1-6,11-16H,7-10,27-28H2. The van der Waals surface area contributed by atoms with E-state index in [2.05, 4.69) is 70.1 Å². The molecule has 0 bridgehead atoms. The van der Waals surface area contributed by atoms with Gasteiger partial charge in [-0.25, -0.2) is 0 Å². The van der Waals surface area contributed by atoms with Crippen molar-refractivity contribution in [3.05, 3.63) is 70.1 Å². The monoisotopic (exact) mass is 490 g/mol. The van der Waals surface area contributed by atoms with E-state index in [0.29, 0.717) is 26.3 Å². The molecule has 0 unspecified atom stereocenters. The van der Waals surface area contributed by atoms with Crippen molar-refractivity contribution in [3.63, 3.8) is 0 Å². The zero-order chi connectivity index (χ0) is 22.6. The number of hydrogen-bond acceptors (Lipinski definition) is 7. The van der Waals surface area contributed by atoms with Gasteiger partial charge >= 0.3 is 13.8 Å². The molecule has 0 amide bonds. The number of fused-ring (bicyclic) bond motifs is 3. The molecule has 5 rings (SSSR count). The maximum atomic E-state index is 6.17. The van der Waals surface area contributed by atoms with Gasteiger partial charge in [-0.15, -0.1) is 11.3 Å². The summed E-state index contributed by atoms with van der Waals surface area (Å²) in [6, 6.07) is 17.6. The van der Waals surface area contributed by atoms with Crippen LogP contribution in [0.25, 0.3) is 20.2 Å². The molecule has 33 heavy (non-hydrogen) atoms. The quantitative estimate of drug-likeness (QED) is 0.295. The maximum absolute atomic E-state index is 6.17. The van der Waals surface area contributed by atoms with Crippen LogP contribution in [0.3, 0.4) is 0 Å². The number of nitrogens with two attached hydrogens (primary N) is 2. The summed E-state index contributed by atoms with van der Waals surface area (Å²) >= 11 is 5.18. The number of benzene rings is 2. The molecular weight excluding hydrogens is 466 g/mol. The van der Waals surface area contributed by atoms with Crippen LogP contribution in [0.5, 0.6) is 0 Å². The van der Waals surface area contributed by atoms with E-state index in [1.165, 1.54) is 31.1 Å². The third-order valence-electron chi connectivity index (χ3n) is 5.62. The lowest BCUT2D eigenvalue weighted by Crippen LogP contribution is -2.45. The van der Waals surface area contributed by atoms with Crippen molar-refractivity contribution in [2.24, 2.45) is 11.5 Å². The Labute approximate surface area is 206 Å². The van der Waals surface area contributed by atoms with Crippen LogP contribution in [-0.2, 0) is 9.31 Å². The molecule has 3 heterocycles. The fraction of sp³-hybridized carbons (Fsp3) is 0.167. The first-order valence-electron chi connectivity index (χ1n) is 10.9. The largest absolute Gasteiger partial charge is 0.426 e. The summed E-state index contributed by atoms with van der Waals surface area (Å²) in [5.41, 5.74) is 16.1. The van der Waals surface area contributed by atoms with E-state index in [9.17, 15) is 0 Å². The third-order valence-corrected chi connectivity index (χ3v) is 8.17. The molecule has 0 fully saturated rings. The highest BCUT2D eigenvalue weighted by Crippen LogP contribution is 2.32. The van der Waals surface area contributed by atoms with Crippen molar-refractivity contribution in [1.82, 2.24) is 0 Å². The second-order valence-corrected chi connectivity index (χ2v) is 10.4. The highest BCUT2D eigenvalue weighted by atomic mass is 32.1. The average molecular weight is 490 g/mol. The molecule has 0 aliphatic heterocycles. The second kappa shape index (κ2) is 10.5. The molecule has 166 valence electrons. The van der Waals surface area contributed by atoms with E-state index in [1.54, 1.807) is 22.7 Å². The first kappa shape index (κ1) is 22.8. The summed E-state index contributed by atoms with van der Waals surface area (Å²) in [6.07, 6.45) is 0. The van der Waals surface area contributed by atoms with Crippen LogP contribution in [0.4, 0.5) is 0 Å². The Balaban J connectivity index is 1.58. The lowest BCUT2D eigenvalue weighted by atomic mass is 9.55. The minimum Gasteiger partial charge on any atom is -0.426 e. The first-order valence-corrected chi connectivity index (χ1v) is 13.6. The van der Waals surface area contributed by atoms with E-state index >= 15 is 0 Å².